The van der Waals surface area contributed by atoms with Crippen LogP contribution in [0.3, 0.4) is 0 Å². The molecule has 0 aliphatic carbocycles. The summed E-state index contributed by atoms with van der Waals surface area (Å²) in [7, 11) is 0. The van der Waals surface area contributed by atoms with Crippen molar-refractivity contribution in [2.24, 2.45) is 0 Å². The minimum Gasteiger partial charge on any atom is -0.461 e. The SMILES string of the molecule is Cc1ccc(CC(=O)N2CCN(C3CC(C)OC3=O)CC2)cc1. The van der Waals surface area contributed by atoms with Gasteiger partial charge in [0.1, 0.15) is 12.1 Å². The molecule has 1 aromatic rings. The van der Waals surface area contributed by atoms with Crippen molar-refractivity contribution < 1.29 is 14.3 Å². The lowest BCUT2D eigenvalue weighted by molar-refractivity contribution is -0.145. The standard InChI is InChI=1S/C18H24N2O3/c1-13-3-5-15(6-4-13)12-17(21)20-9-7-19(8-10-20)16-11-14(2)23-18(16)22/h3-6,14,16H,7-12H2,1-2H3. The highest BCUT2D eigenvalue weighted by Crippen LogP contribution is 2.21. The van der Waals surface area contributed by atoms with Crippen LogP contribution in [0.15, 0.2) is 24.3 Å². The zero-order chi connectivity index (χ0) is 16.4. The zero-order valence-electron chi connectivity index (χ0n) is 13.8. The van der Waals surface area contributed by atoms with E-state index < -0.39 is 0 Å². The molecule has 2 saturated heterocycles. The van der Waals surface area contributed by atoms with Gasteiger partial charge in [-0.2, -0.15) is 0 Å². The van der Waals surface area contributed by atoms with Crippen LogP contribution >= 0.6 is 0 Å². The van der Waals surface area contributed by atoms with Crippen molar-refractivity contribution in [3.8, 4) is 0 Å². The van der Waals surface area contributed by atoms with Crippen LogP contribution in [0.1, 0.15) is 24.5 Å². The van der Waals surface area contributed by atoms with Crippen molar-refractivity contribution in [2.45, 2.75) is 38.8 Å². The molecule has 0 bridgehead atoms. The number of carbonyl (C=O) groups excluding carboxylic acids is 2. The number of esters is 1. The van der Waals surface area contributed by atoms with Gasteiger partial charge in [0.2, 0.25) is 5.91 Å². The molecule has 1 aromatic carbocycles. The number of hydrogen-bond donors (Lipinski definition) is 0. The van der Waals surface area contributed by atoms with Gasteiger partial charge in [-0.1, -0.05) is 29.8 Å². The Labute approximate surface area is 137 Å². The van der Waals surface area contributed by atoms with E-state index in [-0.39, 0.29) is 24.0 Å². The van der Waals surface area contributed by atoms with E-state index in [1.54, 1.807) is 0 Å². The zero-order valence-corrected chi connectivity index (χ0v) is 13.8. The Morgan fingerprint density at radius 3 is 2.39 bits per heavy atom. The van der Waals surface area contributed by atoms with Gasteiger partial charge in [-0.15, -0.1) is 0 Å². The molecular weight excluding hydrogens is 292 g/mol. The summed E-state index contributed by atoms with van der Waals surface area (Å²) in [5.41, 5.74) is 2.25. The topological polar surface area (TPSA) is 49.9 Å². The van der Waals surface area contributed by atoms with Gasteiger partial charge in [0, 0.05) is 32.6 Å². The van der Waals surface area contributed by atoms with Gasteiger partial charge in [0.05, 0.1) is 6.42 Å². The highest BCUT2D eigenvalue weighted by Gasteiger charge is 2.38. The lowest BCUT2D eigenvalue weighted by atomic mass is 10.1. The number of nitrogens with zero attached hydrogens (tertiary/aromatic N) is 2. The predicted octanol–water partition coefficient (Wildman–Crippen LogP) is 1.39. The quantitative estimate of drug-likeness (QED) is 0.791. The van der Waals surface area contributed by atoms with Crippen LogP contribution in [0, 0.1) is 6.92 Å². The van der Waals surface area contributed by atoms with Crippen LogP contribution < -0.4 is 0 Å². The molecular formula is C18H24N2O3. The summed E-state index contributed by atoms with van der Waals surface area (Å²) in [5.74, 6) is 0.0489. The van der Waals surface area contributed by atoms with Gasteiger partial charge < -0.3 is 9.64 Å². The average Bonchev–Trinajstić information content (AvgIpc) is 2.88. The summed E-state index contributed by atoms with van der Waals surface area (Å²) in [5, 5.41) is 0. The van der Waals surface area contributed by atoms with Crippen LogP contribution in [-0.2, 0) is 20.7 Å². The van der Waals surface area contributed by atoms with E-state index >= 15 is 0 Å². The van der Waals surface area contributed by atoms with Gasteiger partial charge in [0.15, 0.2) is 0 Å². The molecule has 0 aromatic heterocycles. The van der Waals surface area contributed by atoms with Crippen molar-refractivity contribution in [2.75, 3.05) is 26.2 Å². The van der Waals surface area contributed by atoms with Gasteiger partial charge >= 0.3 is 5.97 Å². The average molecular weight is 316 g/mol. The largest absolute Gasteiger partial charge is 0.461 e. The molecule has 3 rings (SSSR count). The van der Waals surface area contributed by atoms with Gasteiger partial charge in [-0.05, 0) is 19.4 Å². The second-order valence-electron chi connectivity index (χ2n) is 6.58. The number of amides is 1. The van der Waals surface area contributed by atoms with Crippen molar-refractivity contribution in [3.63, 3.8) is 0 Å². The van der Waals surface area contributed by atoms with E-state index in [1.807, 2.05) is 43.0 Å². The second kappa shape index (κ2) is 6.71. The van der Waals surface area contributed by atoms with E-state index in [2.05, 4.69) is 4.90 Å². The third kappa shape index (κ3) is 3.72. The molecule has 2 heterocycles. The van der Waals surface area contributed by atoms with Crippen LogP contribution in [0.4, 0.5) is 0 Å². The lowest BCUT2D eigenvalue weighted by Gasteiger charge is -2.36. The second-order valence-corrected chi connectivity index (χ2v) is 6.58. The Kier molecular flexibility index (Phi) is 4.66. The molecule has 0 radical (unpaired) electrons. The van der Waals surface area contributed by atoms with Crippen molar-refractivity contribution in [1.82, 2.24) is 9.80 Å². The summed E-state index contributed by atoms with van der Waals surface area (Å²) in [6.07, 6.45) is 1.22. The molecule has 124 valence electrons. The molecule has 0 saturated carbocycles. The first-order valence-corrected chi connectivity index (χ1v) is 8.31. The Bertz CT molecular complexity index is 576. The number of carbonyl (C=O) groups is 2. The number of hydrogen-bond acceptors (Lipinski definition) is 4. The highest BCUT2D eigenvalue weighted by molar-refractivity contribution is 5.79. The Morgan fingerprint density at radius 1 is 1.17 bits per heavy atom. The molecule has 5 nitrogen and oxygen atoms in total. The number of aryl methyl sites for hydroxylation is 1. The number of cyclic esters (lactones) is 1. The molecule has 5 heteroatoms. The molecule has 23 heavy (non-hydrogen) atoms. The highest BCUT2D eigenvalue weighted by atomic mass is 16.6. The monoisotopic (exact) mass is 316 g/mol. The summed E-state index contributed by atoms with van der Waals surface area (Å²) in [4.78, 5) is 28.3. The summed E-state index contributed by atoms with van der Waals surface area (Å²) in [6, 6.07) is 7.97. The van der Waals surface area contributed by atoms with Gasteiger partial charge in [-0.3, -0.25) is 14.5 Å². The maximum atomic E-state index is 12.4. The third-order valence-corrected chi connectivity index (χ3v) is 4.73. The summed E-state index contributed by atoms with van der Waals surface area (Å²) >= 11 is 0. The number of rotatable bonds is 3. The summed E-state index contributed by atoms with van der Waals surface area (Å²) < 4.78 is 5.23. The van der Waals surface area contributed by atoms with Crippen molar-refractivity contribution >= 4 is 11.9 Å². The fourth-order valence-electron chi connectivity index (χ4n) is 3.31. The lowest BCUT2D eigenvalue weighted by Crippen LogP contribution is -2.53. The Morgan fingerprint density at radius 2 is 1.83 bits per heavy atom. The molecule has 1 amide bonds. The number of benzene rings is 1. The molecule has 2 aliphatic rings. The first-order valence-electron chi connectivity index (χ1n) is 8.31. The molecule has 2 atom stereocenters. The maximum Gasteiger partial charge on any atom is 0.323 e. The Balaban J connectivity index is 1.51. The van der Waals surface area contributed by atoms with Crippen LogP contribution in [0.5, 0.6) is 0 Å². The predicted molar refractivity (Wildman–Crippen MR) is 87.0 cm³/mol. The molecule has 0 N–H and O–H groups in total. The van der Waals surface area contributed by atoms with Crippen LogP contribution in [0.25, 0.3) is 0 Å². The normalized spacial score (nSPS) is 25.5. The maximum absolute atomic E-state index is 12.4. The van der Waals surface area contributed by atoms with Gasteiger partial charge in [0.25, 0.3) is 0 Å². The van der Waals surface area contributed by atoms with Crippen LogP contribution in [-0.4, -0.2) is 60.0 Å². The molecule has 2 unspecified atom stereocenters. The minimum atomic E-state index is -0.126. The minimum absolute atomic E-state index is 0.00805. The fourth-order valence-corrected chi connectivity index (χ4v) is 3.31. The molecule has 2 fully saturated rings. The Hall–Kier alpha value is -1.88. The van der Waals surface area contributed by atoms with Crippen molar-refractivity contribution in [1.29, 1.82) is 0 Å². The van der Waals surface area contributed by atoms with E-state index in [4.69, 9.17) is 4.74 Å². The fraction of sp³-hybridized carbons (Fsp3) is 0.556. The molecule has 0 spiro atoms. The van der Waals surface area contributed by atoms with E-state index in [0.717, 1.165) is 25.1 Å². The van der Waals surface area contributed by atoms with Crippen LogP contribution in [0.2, 0.25) is 0 Å². The number of ether oxygens (including phenoxy) is 1. The summed E-state index contributed by atoms with van der Waals surface area (Å²) in [6.45, 7) is 6.82. The van der Waals surface area contributed by atoms with Gasteiger partial charge in [-0.25, -0.2) is 0 Å². The van der Waals surface area contributed by atoms with E-state index in [0.29, 0.717) is 19.5 Å². The van der Waals surface area contributed by atoms with E-state index in [9.17, 15) is 9.59 Å². The first-order chi connectivity index (χ1) is 11.0. The smallest absolute Gasteiger partial charge is 0.323 e. The first kappa shape index (κ1) is 16.0. The third-order valence-electron chi connectivity index (χ3n) is 4.73. The number of piperazine rings is 1. The van der Waals surface area contributed by atoms with E-state index in [1.165, 1.54) is 5.56 Å². The van der Waals surface area contributed by atoms with Crippen molar-refractivity contribution in [3.05, 3.63) is 35.4 Å². The molecule has 2 aliphatic heterocycles.